The van der Waals surface area contributed by atoms with Crippen molar-refractivity contribution < 1.29 is 18.3 Å². The highest BCUT2D eigenvalue weighted by molar-refractivity contribution is 7.94. The molecule has 0 aliphatic heterocycles. The summed E-state index contributed by atoms with van der Waals surface area (Å²) in [5, 5.41) is 8.85. The van der Waals surface area contributed by atoms with Gasteiger partial charge in [0, 0.05) is 10.6 Å². The fourth-order valence-electron chi connectivity index (χ4n) is 1.48. The molecule has 2 aromatic rings. The van der Waals surface area contributed by atoms with Crippen molar-refractivity contribution in [1.29, 1.82) is 0 Å². The zero-order valence-corrected chi connectivity index (χ0v) is 11.6. The van der Waals surface area contributed by atoms with Crippen molar-refractivity contribution in [2.75, 3.05) is 4.72 Å². The van der Waals surface area contributed by atoms with Crippen molar-refractivity contribution in [2.45, 2.75) is 11.1 Å². The fourth-order valence-corrected chi connectivity index (χ4v) is 3.81. The third-order valence-electron chi connectivity index (χ3n) is 2.34. The molecule has 0 saturated heterocycles. The van der Waals surface area contributed by atoms with E-state index in [2.05, 4.69) is 4.72 Å². The number of carboxylic acid groups (broad SMARTS) is 1. The van der Waals surface area contributed by atoms with Gasteiger partial charge < -0.3 is 5.11 Å². The topological polar surface area (TPSA) is 83.5 Å². The van der Waals surface area contributed by atoms with Crippen LogP contribution in [0.15, 0.2) is 40.6 Å². The second kappa shape index (κ2) is 5.02. The third-order valence-corrected chi connectivity index (χ3v) is 5.22. The van der Waals surface area contributed by atoms with E-state index >= 15 is 0 Å². The maximum atomic E-state index is 12.0. The van der Waals surface area contributed by atoms with E-state index in [-0.39, 0.29) is 15.5 Å². The molecule has 7 heteroatoms. The van der Waals surface area contributed by atoms with Crippen LogP contribution in [-0.2, 0) is 10.0 Å². The predicted molar refractivity (Wildman–Crippen MR) is 73.3 cm³/mol. The van der Waals surface area contributed by atoms with Crippen LogP contribution in [0.4, 0.5) is 5.69 Å². The predicted octanol–water partition coefficient (Wildman–Crippen LogP) is 2.56. The van der Waals surface area contributed by atoms with Gasteiger partial charge >= 0.3 is 5.97 Å². The lowest BCUT2D eigenvalue weighted by Gasteiger charge is -2.06. The number of aromatic carboxylic acids is 1. The van der Waals surface area contributed by atoms with Gasteiger partial charge in [-0.1, -0.05) is 6.07 Å². The summed E-state index contributed by atoms with van der Waals surface area (Å²) in [6, 6.07) is 8.90. The van der Waals surface area contributed by atoms with E-state index in [1.165, 1.54) is 30.3 Å². The number of rotatable bonds is 4. The summed E-state index contributed by atoms with van der Waals surface area (Å²) in [7, 11) is -3.66. The number of hydrogen-bond acceptors (Lipinski definition) is 4. The smallest absolute Gasteiger partial charge is 0.335 e. The highest BCUT2D eigenvalue weighted by Gasteiger charge is 2.16. The molecule has 0 unspecified atom stereocenters. The molecule has 5 nitrogen and oxygen atoms in total. The molecule has 1 aromatic heterocycles. The van der Waals surface area contributed by atoms with Gasteiger partial charge in [-0.25, -0.2) is 13.2 Å². The molecule has 0 spiro atoms. The summed E-state index contributed by atoms with van der Waals surface area (Å²) in [4.78, 5) is 11.7. The second-order valence-corrected chi connectivity index (χ2v) is 7.05. The molecule has 19 heavy (non-hydrogen) atoms. The van der Waals surface area contributed by atoms with Crippen molar-refractivity contribution in [3.05, 3.63) is 46.8 Å². The Morgan fingerprint density at radius 1 is 1.26 bits per heavy atom. The number of carbonyl (C=O) groups is 1. The number of nitrogens with one attached hydrogen (secondary N) is 1. The Morgan fingerprint density at radius 2 is 2.00 bits per heavy atom. The first-order valence-electron chi connectivity index (χ1n) is 5.31. The van der Waals surface area contributed by atoms with Crippen LogP contribution in [0.3, 0.4) is 0 Å². The van der Waals surface area contributed by atoms with Crippen molar-refractivity contribution in [1.82, 2.24) is 0 Å². The van der Waals surface area contributed by atoms with Crippen LogP contribution in [0.1, 0.15) is 15.2 Å². The second-order valence-electron chi connectivity index (χ2n) is 3.86. The van der Waals surface area contributed by atoms with Gasteiger partial charge in [0.2, 0.25) is 0 Å². The number of hydrogen-bond donors (Lipinski definition) is 2. The molecule has 0 bridgehead atoms. The Morgan fingerprint density at radius 3 is 2.58 bits per heavy atom. The van der Waals surface area contributed by atoms with Gasteiger partial charge in [-0.2, -0.15) is 0 Å². The Hall–Kier alpha value is -1.86. The standard InChI is InChI=1S/C12H11NO4S2/c1-8-5-6-11(18-8)19(16,17)13-10-4-2-3-9(7-10)12(14)15/h2-7,13H,1H3,(H,14,15). The van der Waals surface area contributed by atoms with Gasteiger partial charge in [-0.05, 0) is 37.3 Å². The molecule has 0 aliphatic rings. The van der Waals surface area contributed by atoms with E-state index in [0.717, 1.165) is 16.2 Å². The zero-order valence-electron chi connectivity index (χ0n) is 9.95. The van der Waals surface area contributed by atoms with Gasteiger partial charge in [0.1, 0.15) is 4.21 Å². The number of benzene rings is 1. The fraction of sp³-hybridized carbons (Fsp3) is 0.0833. The lowest BCUT2D eigenvalue weighted by Crippen LogP contribution is -2.11. The number of thiophene rings is 1. The van der Waals surface area contributed by atoms with Gasteiger partial charge in [0.15, 0.2) is 0 Å². The van der Waals surface area contributed by atoms with E-state index in [4.69, 9.17) is 5.11 Å². The minimum absolute atomic E-state index is 0.0301. The summed E-state index contributed by atoms with van der Waals surface area (Å²) < 4.78 is 26.7. The summed E-state index contributed by atoms with van der Waals surface area (Å²) in [5.74, 6) is -1.10. The number of sulfonamides is 1. The molecule has 1 heterocycles. The molecule has 0 aliphatic carbocycles. The van der Waals surface area contributed by atoms with Crippen LogP contribution < -0.4 is 4.72 Å². The van der Waals surface area contributed by atoms with E-state index in [9.17, 15) is 13.2 Å². The maximum Gasteiger partial charge on any atom is 0.335 e. The van der Waals surface area contributed by atoms with Crippen LogP contribution >= 0.6 is 11.3 Å². The van der Waals surface area contributed by atoms with Crippen LogP contribution in [0.2, 0.25) is 0 Å². The average molecular weight is 297 g/mol. The highest BCUT2D eigenvalue weighted by Crippen LogP contribution is 2.23. The molecule has 2 rings (SSSR count). The van der Waals surface area contributed by atoms with E-state index in [1.54, 1.807) is 6.07 Å². The SMILES string of the molecule is Cc1ccc(S(=O)(=O)Nc2cccc(C(=O)O)c2)s1. The Labute approximate surface area is 114 Å². The van der Waals surface area contributed by atoms with Gasteiger partial charge in [0.25, 0.3) is 10.0 Å². The number of aryl methyl sites for hydroxylation is 1. The van der Waals surface area contributed by atoms with Crippen LogP contribution in [0.5, 0.6) is 0 Å². The summed E-state index contributed by atoms with van der Waals surface area (Å²) in [6.07, 6.45) is 0. The minimum Gasteiger partial charge on any atom is -0.478 e. The summed E-state index contributed by atoms with van der Waals surface area (Å²) in [5.41, 5.74) is 0.258. The van der Waals surface area contributed by atoms with E-state index in [0.29, 0.717) is 0 Å². The van der Waals surface area contributed by atoms with Crippen molar-refractivity contribution >= 4 is 33.0 Å². The first kappa shape index (κ1) is 13.6. The molecule has 0 fully saturated rings. The normalized spacial score (nSPS) is 11.2. The number of carboxylic acids is 1. The number of anilines is 1. The monoisotopic (exact) mass is 297 g/mol. The first-order valence-corrected chi connectivity index (χ1v) is 7.61. The largest absolute Gasteiger partial charge is 0.478 e. The van der Waals surface area contributed by atoms with Gasteiger partial charge in [-0.3, -0.25) is 4.72 Å². The molecule has 0 radical (unpaired) electrons. The first-order chi connectivity index (χ1) is 8.88. The molecule has 1 aromatic carbocycles. The van der Waals surface area contributed by atoms with Crippen molar-refractivity contribution in [3.63, 3.8) is 0 Å². The summed E-state index contributed by atoms with van der Waals surface area (Å²) in [6.45, 7) is 1.81. The highest BCUT2D eigenvalue weighted by atomic mass is 32.2. The van der Waals surface area contributed by atoms with Crippen LogP contribution in [-0.4, -0.2) is 19.5 Å². The molecular formula is C12H11NO4S2. The molecule has 0 atom stereocenters. The van der Waals surface area contributed by atoms with Crippen molar-refractivity contribution in [3.8, 4) is 0 Å². The molecule has 2 N–H and O–H groups in total. The van der Waals surface area contributed by atoms with E-state index < -0.39 is 16.0 Å². The third kappa shape index (κ3) is 3.12. The lowest BCUT2D eigenvalue weighted by molar-refractivity contribution is 0.0697. The molecule has 100 valence electrons. The van der Waals surface area contributed by atoms with Crippen LogP contribution in [0, 0.1) is 6.92 Å². The Bertz CT molecular complexity index is 719. The quantitative estimate of drug-likeness (QED) is 0.908. The average Bonchev–Trinajstić information content (AvgIpc) is 2.76. The lowest BCUT2D eigenvalue weighted by atomic mass is 10.2. The Kier molecular flexibility index (Phi) is 3.59. The molecule has 0 amide bonds. The molecule has 0 saturated carbocycles. The maximum absolute atomic E-state index is 12.0. The van der Waals surface area contributed by atoms with Crippen LogP contribution in [0.25, 0.3) is 0 Å². The zero-order chi connectivity index (χ0) is 14.0. The Balaban J connectivity index is 2.30. The summed E-state index contributed by atoms with van der Waals surface area (Å²) >= 11 is 1.16. The van der Waals surface area contributed by atoms with Crippen molar-refractivity contribution in [2.24, 2.45) is 0 Å². The molecular weight excluding hydrogens is 286 g/mol. The van der Waals surface area contributed by atoms with E-state index in [1.807, 2.05) is 6.92 Å². The minimum atomic E-state index is -3.66. The van der Waals surface area contributed by atoms with Gasteiger partial charge in [0.05, 0.1) is 5.56 Å². The van der Waals surface area contributed by atoms with Gasteiger partial charge in [-0.15, -0.1) is 11.3 Å².